The largest absolute Gasteiger partial charge is 0.360 e. The van der Waals surface area contributed by atoms with Gasteiger partial charge in [-0.05, 0) is 35.6 Å². The van der Waals surface area contributed by atoms with Crippen LogP contribution in [0.2, 0.25) is 0 Å². The van der Waals surface area contributed by atoms with Gasteiger partial charge in [-0.1, -0.05) is 0 Å². The number of halogens is 1. The van der Waals surface area contributed by atoms with Gasteiger partial charge in [0.15, 0.2) is 0 Å². The van der Waals surface area contributed by atoms with Gasteiger partial charge in [-0.15, -0.1) is 0 Å². The highest BCUT2D eigenvalue weighted by molar-refractivity contribution is 9.11. The van der Waals surface area contributed by atoms with Crippen molar-refractivity contribution in [1.82, 2.24) is 10.2 Å². The van der Waals surface area contributed by atoms with Gasteiger partial charge in [0.1, 0.15) is 0 Å². The van der Waals surface area contributed by atoms with Crippen LogP contribution in [0.4, 0.5) is 0 Å². The fourth-order valence-corrected chi connectivity index (χ4v) is 1.21. The SMILES string of the molecule is C=N/C=C/C(Br)=C\N(C)C(C)N/C=N\C. The lowest BCUT2D eigenvalue weighted by Gasteiger charge is -2.23. The van der Waals surface area contributed by atoms with Crippen LogP contribution in [0.1, 0.15) is 6.92 Å². The Morgan fingerprint density at radius 1 is 1.60 bits per heavy atom. The Hall–Kier alpha value is -1.10. The highest BCUT2D eigenvalue weighted by Crippen LogP contribution is 2.08. The van der Waals surface area contributed by atoms with Crippen molar-refractivity contribution in [3.63, 3.8) is 0 Å². The van der Waals surface area contributed by atoms with E-state index in [2.05, 4.69) is 37.9 Å². The van der Waals surface area contributed by atoms with Crippen molar-refractivity contribution in [1.29, 1.82) is 0 Å². The maximum absolute atomic E-state index is 3.85. The maximum atomic E-state index is 3.85. The average Bonchev–Trinajstić information content (AvgIpc) is 2.22. The molecule has 84 valence electrons. The molecule has 0 rings (SSSR count). The number of nitrogens with zero attached hydrogens (tertiary/aromatic N) is 3. The van der Waals surface area contributed by atoms with E-state index in [0.29, 0.717) is 0 Å². The van der Waals surface area contributed by atoms with E-state index in [1.165, 1.54) is 0 Å². The number of hydrogen-bond donors (Lipinski definition) is 1. The van der Waals surface area contributed by atoms with Crippen LogP contribution in [0, 0.1) is 0 Å². The third-order valence-electron chi connectivity index (χ3n) is 1.72. The Morgan fingerprint density at radius 3 is 2.80 bits per heavy atom. The molecule has 0 spiro atoms. The van der Waals surface area contributed by atoms with Crippen LogP contribution in [0.25, 0.3) is 0 Å². The average molecular weight is 273 g/mol. The molecule has 1 atom stereocenters. The summed E-state index contributed by atoms with van der Waals surface area (Å²) in [5.74, 6) is 0. The third-order valence-corrected chi connectivity index (χ3v) is 2.19. The Kier molecular flexibility index (Phi) is 7.62. The minimum atomic E-state index is 0.173. The monoisotopic (exact) mass is 272 g/mol. The van der Waals surface area contributed by atoms with Crippen LogP contribution in [0.5, 0.6) is 0 Å². The minimum Gasteiger partial charge on any atom is -0.360 e. The molecular formula is C10H17BrN4. The van der Waals surface area contributed by atoms with Gasteiger partial charge < -0.3 is 10.2 Å². The zero-order valence-corrected chi connectivity index (χ0v) is 10.9. The van der Waals surface area contributed by atoms with Gasteiger partial charge in [0.05, 0.1) is 12.5 Å². The van der Waals surface area contributed by atoms with E-state index < -0.39 is 0 Å². The summed E-state index contributed by atoms with van der Waals surface area (Å²) in [5.41, 5.74) is 0. The lowest BCUT2D eigenvalue weighted by atomic mass is 10.4. The molecule has 0 aromatic carbocycles. The first-order valence-electron chi connectivity index (χ1n) is 4.50. The van der Waals surface area contributed by atoms with E-state index in [4.69, 9.17) is 0 Å². The molecule has 0 heterocycles. The highest BCUT2D eigenvalue weighted by Gasteiger charge is 2.02. The van der Waals surface area contributed by atoms with Crippen molar-refractivity contribution >= 4 is 29.0 Å². The summed E-state index contributed by atoms with van der Waals surface area (Å²) in [6.45, 7) is 5.39. The molecular weight excluding hydrogens is 256 g/mol. The molecule has 0 saturated heterocycles. The zero-order valence-electron chi connectivity index (χ0n) is 9.31. The summed E-state index contributed by atoms with van der Waals surface area (Å²) < 4.78 is 0.930. The normalized spacial score (nSPS) is 14.5. The Balaban J connectivity index is 4.25. The summed E-state index contributed by atoms with van der Waals surface area (Å²) in [6.07, 6.45) is 7.24. The molecule has 0 aliphatic carbocycles. The van der Waals surface area contributed by atoms with E-state index in [9.17, 15) is 0 Å². The van der Waals surface area contributed by atoms with E-state index in [1.807, 2.05) is 31.1 Å². The predicted molar refractivity (Wildman–Crippen MR) is 70.5 cm³/mol. The molecule has 1 unspecified atom stereocenters. The molecule has 4 nitrogen and oxygen atoms in total. The molecule has 0 radical (unpaired) electrons. The van der Waals surface area contributed by atoms with E-state index in [0.717, 1.165) is 4.48 Å². The fraction of sp³-hybridized carbons (Fsp3) is 0.400. The molecule has 0 aromatic heterocycles. The van der Waals surface area contributed by atoms with Crippen molar-refractivity contribution in [3.05, 3.63) is 23.0 Å². The first-order chi connectivity index (χ1) is 7.11. The van der Waals surface area contributed by atoms with Gasteiger partial charge in [-0.25, -0.2) is 0 Å². The summed E-state index contributed by atoms with van der Waals surface area (Å²) in [6, 6.07) is 0. The molecule has 0 aliphatic rings. The first kappa shape index (κ1) is 13.9. The Morgan fingerprint density at radius 2 is 2.27 bits per heavy atom. The summed E-state index contributed by atoms with van der Waals surface area (Å²) in [7, 11) is 3.70. The number of hydrogen-bond acceptors (Lipinski definition) is 3. The van der Waals surface area contributed by atoms with Crippen LogP contribution in [-0.2, 0) is 0 Å². The number of rotatable bonds is 6. The second-order valence-electron chi connectivity index (χ2n) is 2.91. The quantitative estimate of drug-likeness (QED) is 0.348. The van der Waals surface area contributed by atoms with Gasteiger partial charge in [0.2, 0.25) is 0 Å². The molecule has 1 N–H and O–H groups in total. The lowest BCUT2D eigenvalue weighted by Crippen LogP contribution is -2.37. The molecule has 0 amide bonds. The molecule has 0 bridgehead atoms. The number of aliphatic imine (C=N–C) groups is 2. The maximum Gasteiger partial charge on any atom is 0.0960 e. The van der Waals surface area contributed by atoms with Gasteiger partial charge in [-0.2, -0.15) is 0 Å². The second kappa shape index (κ2) is 8.23. The van der Waals surface area contributed by atoms with E-state index >= 15 is 0 Å². The Labute approximate surface area is 99.6 Å². The van der Waals surface area contributed by atoms with Crippen LogP contribution in [-0.4, -0.2) is 38.2 Å². The predicted octanol–water partition coefficient (Wildman–Crippen LogP) is 1.96. The van der Waals surface area contributed by atoms with Crippen molar-refractivity contribution in [2.75, 3.05) is 14.1 Å². The van der Waals surface area contributed by atoms with Crippen molar-refractivity contribution in [3.8, 4) is 0 Å². The van der Waals surface area contributed by atoms with Gasteiger partial charge in [-0.3, -0.25) is 9.98 Å². The fourth-order valence-electron chi connectivity index (χ4n) is 0.773. The standard InChI is InChI=1S/C10H17BrN4/c1-9(14-8-13-3)15(4)7-10(11)5-6-12-2/h5-9H,2H2,1,3-4H3,(H,13,14)/b6-5+,10-7+. The first-order valence-corrected chi connectivity index (χ1v) is 5.29. The van der Waals surface area contributed by atoms with Crippen molar-refractivity contribution in [2.45, 2.75) is 13.1 Å². The third kappa shape index (κ3) is 6.90. The van der Waals surface area contributed by atoms with E-state index in [-0.39, 0.29) is 6.17 Å². The number of allylic oxidation sites excluding steroid dienone is 2. The van der Waals surface area contributed by atoms with Crippen LogP contribution >= 0.6 is 15.9 Å². The van der Waals surface area contributed by atoms with Crippen molar-refractivity contribution < 1.29 is 0 Å². The molecule has 5 heteroatoms. The van der Waals surface area contributed by atoms with Gasteiger partial charge in [0, 0.05) is 31.0 Å². The van der Waals surface area contributed by atoms with Crippen LogP contribution in [0.3, 0.4) is 0 Å². The smallest absolute Gasteiger partial charge is 0.0960 e. The Bertz CT molecular complexity index is 271. The van der Waals surface area contributed by atoms with Gasteiger partial charge >= 0.3 is 0 Å². The molecule has 15 heavy (non-hydrogen) atoms. The van der Waals surface area contributed by atoms with Gasteiger partial charge in [0.25, 0.3) is 0 Å². The lowest BCUT2D eigenvalue weighted by molar-refractivity contribution is 0.334. The van der Waals surface area contributed by atoms with Crippen LogP contribution in [0.15, 0.2) is 32.9 Å². The van der Waals surface area contributed by atoms with Crippen LogP contribution < -0.4 is 5.32 Å². The number of nitrogens with one attached hydrogen (secondary N) is 1. The molecule has 0 aromatic rings. The topological polar surface area (TPSA) is 40.0 Å². The summed E-state index contributed by atoms with van der Waals surface area (Å²) in [5, 5.41) is 3.10. The summed E-state index contributed by atoms with van der Waals surface area (Å²) in [4.78, 5) is 9.49. The highest BCUT2D eigenvalue weighted by atomic mass is 79.9. The minimum absolute atomic E-state index is 0.173. The molecule has 0 fully saturated rings. The molecule has 0 aliphatic heterocycles. The molecule has 0 saturated carbocycles. The second-order valence-corrected chi connectivity index (χ2v) is 3.82. The summed E-state index contributed by atoms with van der Waals surface area (Å²) >= 11 is 3.40. The van der Waals surface area contributed by atoms with E-state index in [1.54, 1.807) is 19.6 Å². The zero-order chi connectivity index (χ0) is 11.7. The van der Waals surface area contributed by atoms with Crippen molar-refractivity contribution in [2.24, 2.45) is 9.98 Å².